The first-order valence-electron chi connectivity index (χ1n) is 3.64. The van der Waals surface area contributed by atoms with Gasteiger partial charge in [-0.1, -0.05) is 0 Å². The van der Waals surface area contributed by atoms with Crippen molar-refractivity contribution in [2.45, 2.75) is 12.5 Å². The van der Waals surface area contributed by atoms with Gasteiger partial charge in [0.15, 0.2) is 0 Å². The quantitative estimate of drug-likeness (QED) is 0.512. The number of carbonyl (C=O) groups is 1. The molecule has 2 rings (SSSR count). The zero-order valence-electron chi connectivity index (χ0n) is 5.96. The van der Waals surface area contributed by atoms with Crippen LogP contribution in [0.4, 0.5) is 0 Å². The molecule has 0 spiro atoms. The van der Waals surface area contributed by atoms with Crippen LogP contribution in [-0.4, -0.2) is 25.7 Å². The largest absolute Gasteiger partial charge is 0.468 e. The Labute approximate surface area is 59.7 Å². The second-order valence-corrected chi connectivity index (χ2v) is 3.07. The first-order chi connectivity index (χ1) is 4.83. The summed E-state index contributed by atoms with van der Waals surface area (Å²) in [6.45, 7) is 1.00. The number of esters is 1. The topological polar surface area (TPSA) is 38.3 Å². The third-order valence-electron chi connectivity index (χ3n) is 2.46. The van der Waals surface area contributed by atoms with E-state index < -0.39 is 0 Å². The highest BCUT2D eigenvalue weighted by atomic mass is 16.5. The molecule has 3 atom stereocenters. The highest BCUT2D eigenvalue weighted by Gasteiger charge is 2.51. The van der Waals surface area contributed by atoms with Crippen LogP contribution in [-0.2, 0) is 9.53 Å². The minimum atomic E-state index is -0.0926. The number of ether oxygens (including phenoxy) is 1. The summed E-state index contributed by atoms with van der Waals surface area (Å²) in [5.41, 5.74) is 0. The second kappa shape index (κ2) is 1.95. The smallest absolute Gasteiger partial charge is 0.323 e. The molecule has 0 radical (unpaired) electrons. The maximum absolute atomic E-state index is 11.0. The Morgan fingerprint density at radius 3 is 2.90 bits per heavy atom. The number of rotatable bonds is 1. The molecule has 3 nitrogen and oxygen atoms in total. The van der Waals surface area contributed by atoms with Crippen molar-refractivity contribution in [3.63, 3.8) is 0 Å². The molecule has 56 valence electrons. The number of carbonyl (C=O) groups excluding carboxylic acids is 1. The Morgan fingerprint density at radius 1 is 1.70 bits per heavy atom. The third kappa shape index (κ3) is 0.736. The first-order valence-corrected chi connectivity index (χ1v) is 3.64. The lowest BCUT2D eigenvalue weighted by Crippen LogP contribution is -2.35. The van der Waals surface area contributed by atoms with Crippen LogP contribution in [0.1, 0.15) is 6.42 Å². The Kier molecular flexibility index (Phi) is 1.20. The predicted molar refractivity (Wildman–Crippen MR) is 35.4 cm³/mol. The average molecular weight is 141 g/mol. The third-order valence-corrected chi connectivity index (χ3v) is 2.46. The lowest BCUT2D eigenvalue weighted by Gasteiger charge is -2.08. The summed E-state index contributed by atoms with van der Waals surface area (Å²) in [6, 6.07) is 0.00926. The minimum absolute atomic E-state index is 0.00926. The van der Waals surface area contributed by atoms with E-state index in [4.69, 9.17) is 0 Å². The molecule has 10 heavy (non-hydrogen) atoms. The van der Waals surface area contributed by atoms with Gasteiger partial charge in [-0.2, -0.15) is 0 Å². The summed E-state index contributed by atoms with van der Waals surface area (Å²) in [5.74, 6) is 1.27. The number of methoxy groups -OCH3 is 1. The number of piperidine rings is 1. The van der Waals surface area contributed by atoms with Gasteiger partial charge in [0.2, 0.25) is 0 Å². The zero-order valence-corrected chi connectivity index (χ0v) is 5.96. The maximum atomic E-state index is 11.0. The van der Waals surface area contributed by atoms with Crippen LogP contribution in [0.3, 0.4) is 0 Å². The van der Waals surface area contributed by atoms with Gasteiger partial charge in [-0.3, -0.25) is 4.79 Å². The number of hydrogen-bond acceptors (Lipinski definition) is 3. The van der Waals surface area contributed by atoms with Crippen molar-refractivity contribution in [3.05, 3.63) is 0 Å². The maximum Gasteiger partial charge on any atom is 0.323 e. The Hall–Kier alpha value is -0.570. The number of hydrogen-bond donors (Lipinski definition) is 1. The lowest BCUT2D eigenvalue weighted by atomic mass is 10.2. The Morgan fingerprint density at radius 2 is 2.50 bits per heavy atom. The molecule has 2 aliphatic rings. The molecule has 1 aliphatic carbocycles. The van der Waals surface area contributed by atoms with Crippen LogP contribution in [0.2, 0.25) is 0 Å². The first kappa shape index (κ1) is 6.16. The lowest BCUT2D eigenvalue weighted by molar-refractivity contribution is -0.143. The molecule has 3 heteroatoms. The molecule has 1 saturated heterocycles. The number of fused-ring (bicyclic) bond motifs is 1. The molecule has 1 unspecified atom stereocenters. The Bertz CT molecular complexity index is 169. The summed E-state index contributed by atoms with van der Waals surface area (Å²) in [4.78, 5) is 11.0. The average Bonchev–Trinajstić information content (AvgIpc) is 2.62. The molecule has 0 aromatic carbocycles. The van der Waals surface area contributed by atoms with Gasteiger partial charge in [-0.25, -0.2) is 0 Å². The van der Waals surface area contributed by atoms with Gasteiger partial charge < -0.3 is 10.1 Å². The van der Waals surface area contributed by atoms with Crippen molar-refractivity contribution < 1.29 is 9.53 Å². The van der Waals surface area contributed by atoms with Gasteiger partial charge in [0, 0.05) is 0 Å². The fourth-order valence-electron chi connectivity index (χ4n) is 1.73. The summed E-state index contributed by atoms with van der Waals surface area (Å²) < 4.78 is 4.63. The molecular formula is C7H11NO2. The van der Waals surface area contributed by atoms with Gasteiger partial charge in [0.05, 0.1) is 7.11 Å². The summed E-state index contributed by atoms with van der Waals surface area (Å²) in [5, 5.41) is 3.13. The van der Waals surface area contributed by atoms with Gasteiger partial charge in [0.1, 0.15) is 6.04 Å². The van der Waals surface area contributed by atoms with E-state index in [9.17, 15) is 4.79 Å². The van der Waals surface area contributed by atoms with Crippen molar-refractivity contribution in [1.29, 1.82) is 0 Å². The van der Waals surface area contributed by atoms with E-state index in [1.807, 2.05) is 0 Å². The SMILES string of the molecule is COC(=O)C1NC[C@H]2C[C@@H]12. The van der Waals surface area contributed by atoms with E-state index >= 15 is 0 Å². The van der Waals surface area contributed by atoms with Crippen molar-refractivity contribution in [3.8, 4) is 0 Å². The molecule has 0 aromatic rings. The molecule has 2 fully saturated rings. The van der Waals surface area contributed by atoms with Crippen molar-refractivity contribution in [2.75, 3.05) is 13.7 Å². The monoisotopic (exact) mass is 141 g/mol. The molecule has 1 saturated carbocycles. The number of nitrogens with one attached hydrogen (secondary N) is 1. The molecule has 0 bridgehead atoms. The van der Waals surface area contributed by atoms with Gasteiger partial charge in [-0.15, -0.1) is 0 Å². The van der Waals surface area contributed by atoms with Crippen LogP contribution in [0.5, 0.6) is 0 Å². The van der Waals surface area contributed by atoms with Gasteiger partial charge in [0.25, 0.3) is 0 Å². The summed E-state index contributed by atoms with van der Waals surface area (Å²) in [7, 11) is 1.44. The fourth-order valence-corrected chi connectivity index (χ4v) is 1.73. The van der Waals surface area contributed by atoms with E-state index in [0.29, 0.717) is 5.92 Å². The van der Waals surface area contributed by atoms with Crippen LogP contribution in [0, 0.1) is 11.8 Å². The van der Waals surface area contributed by atoms with E-state index in [1.54, 1.807) is 0 Å². The van der Waals surface area contributed by atoms with Crippen molar-refractivity contribution in [1.82, 2.24) is 5.32 Å². The molecule has 1 aliphatic heterocycles. The normalized spacial score (nSPS) is 42.7. The highest BCUT2D eigenvalue weighted by Crippen LogP contribution is 2.45. The molecule has 1 heterocycles. The standard InChI is InChI=1S/C7H11NO2/c1-10-7(9)6-5-2-4(5)3-8-6/h4-6,8H,2-3H2,1H3/t4-,5-,6?/m1/s1. The zero-order chi connectivity index (χ0) is 7.14. The summed E-state index contributed by atoms with van der Waals surface area (Å²) in [6.07, 6.45) is 1.22. The van der Waals surface area contributed by atoms with Crippen molar-refractivity contribution >= 4 is 5.97 Å². The molecule has 0 amide bonds. The van der Waals surface area contributed by atoms with Gasteiger partial charge in [-0.05, 0) is 24.8 Å². The second-order valence-electron chi connectivity index (χ2n) is 3.07. The van der Waals surface area contributed by atoms with Crippen LogP contribution >= 0.6 is 0 Å². The van der Waals surface area contributed by atoms with Crippen LogP contribution < -0.4 is 5.32 Å². The molecule has 0 aromatic heterocycles. The van der Waals surface area contributed by atoms with Crippen LogP contribution in [0.15, 0.2) is 0 Å². The predicted octanol–water partition coefficient (Wildman–Crippen LogP) is -0.233. The summed E-state index contributed by atoms with van der Waals surface area (Å²) >= 11 is 0. The van der Waals surface area contributed by atoms with Crippen LogP contribution in [0.25, 0.3) is 0 Å². The van der Waals surface area contributed by atoms with E-state index in [1.165, 1.54) is 13.5 Å². The van der Waals surface area contributed by atoms with Crippen molar-refractivity contribution in [2.24, 2.45) is 11.8 Å². The molecule has 1 N–H and O–H groups in total. The van der Waals surface area contributed by atoms with E-state index in [-0.39, 0.29) is 12.0 Å². The Balaban J connectivity index is 1.98. The van der Waals surface area contributed by atoms with Gasteiger partial charge >= 0.3 is 5.97 Å². The minimum Gasteiger partial charge on any atom is -0.468 e. The van der Waals surface area contributed by atoms with E-state index in [0.717, 1.165) is 12.5 Å². The fraction of sp³-hybridized carbons (Fsp3) is 0.857. The van der Waals surface area contributed by atoms with E-state index in [2.05, 4.69) is 10.1 Å². The highest BCUT2D eigenvalue weighted by molar-refractivity contribution is 5.77. The molecular weight excluding hydrogens is 130 g/mol.